The van der Waals surface area contributed by atoms with E-state index in [0.29, 0.717) is 48.2 Å². The fraction of sp³-hybridized carbons (Fsp3) is 0.421. The summed E-state index contributed by atoms with van der Waals surface area (Å²) in [5.41, 5.74) is 2.02. The molecule has 0 spiro atoms. The van der Waals surface area contributed by atoms with Crippen LogP contribution in [0.4, 0.5) is 4.79 Å². The van der Waals surface area contributed by atoms with Gasteiger partial charge in [-0.05, 0) is 31.5 Å². The number of aromatic nitrogens is 2. The Morgan fingerprint density at radius 1 is 1.33 bits per heavy atom. The number of urea groups is 1. The number of aromatic amines is 1. The van der Waals surface area contributed by atoms with E-state index in [0.717, 1.165) is 5.56 Å². The highest BCUT2D eigenvalue weighted by Crippen LogP contribution is 2.13. The molecule has 146 valence electrons. The zero-order valence-electron chi connectivity index (χ0n) is 15.8. The third kappa shape index (κ3) is 6.08. The smallest absolute Gasteiger partial charge is 0.317 e. The van der Waals surface area contributed by atoms with Crippen molar-refractivity contribution >= 4 is 17.6 Å². The maximum Gasteiger partial charge on any atom is 0.317 e. The minimum absolute atomic E-state index is 0.199. The number of H-pyrrole nitrogens is 1. The first kappa shape index (κ1) is 20.9. The summed E-state index contributed by atoms with van der Waals surface area (Å²) < 4.78 is 5.06. The van der Waals surface area contributed by atoms with Gasteiger partial charge in [0, 0.05) is 42.9 Å². The van der Waals surface area contributed by atoms with Gasteiger partial charge in [-0.15, -0.1) is 0 Å². The van der Waals surface area contributed by atoms with E-state index in [1.165, 1.54) is 0 Å². The molecular weight excluding hydrogens is 368 g/mol. The topological polar surface area (TPSA) is 87.3 Å². The van der Waals surface area contributed by atoms with Crippen molar-refractivity contribution in [3.63, 3.8) is 0 Å². The minimum Gasteiger partial charge on any atom is -0.383 e. The van der Waals surface area contributed by atoms with Crippen LogP contribution in [0.15, 0.2) is 29.1 Å². The molecule has 1 aromatic heterocycles. The first-order valence-electron chi connectivity index (χ1n) is 8.79. The summed E-state index contributed by atoms with van der Waals surface area (Å²) in [5.74, 6) is 0.444. The fourth-order valence-electron chi connectivity index (χ4n) is 2.66. The van der Waals surface area contributed by atoms with Gasteiger partial charge in [0.2, 0.25) is 0 Å². The number of rotatable bonds is 8. The number of nitrogens with one attached hydrogen (secondary N) is 2. The van der Waals surface area contributed by atoms with Crippen LogP contribution in [-0.4, -0.2) is 47.7 Å². The number of amides is 2. The molecule has 0 aliphatic rings. The molecule has 0 bridgehead atoms. The highest BCUT2D eigenvalue weighted by molar-refractivity contribution is 6.30. The molecule has 7 nitrogen and oxygen atoms in total. The van der Waals surface area contributed by atoms with Gasteiger partial charge >= 0.3 is 6.03 Å². The van der Waals surface area contributed by atoms with E-state index in [1.807, 2.05) is 19.1 Å². The van der Waals surface area contributed by atoms with E-state index >= 15 is 0 Å². The second kappa shape index (κ2) is 10.1. The number of halogens is 1. The molecule has 2 amide bonds. The Hall–Kier alpha value is -2.38. The largest absolute Gasteiger partial charge is 0.383 e. The van der Waals surface area contributed by atoms with Crippen LogP contribution < -0.4 is 10.9 Å². The minimum atomic E-state index is -0.222. The van der Waals surface area contributed by atoms with Crippen LogP contribution in [0.2, 0.25) is 5.02 Å². The van der Waals surface area contributed by atoms with Gasteiger partial charge in [0.25, 0.3) is 5.56 Å². The van der Waals surface area contributed by atoms with Crippen molar-refractivity contribution in [2.75, 3.05) is 26.8 Å². The average molecular weight is 393 g/mol. The van der Waals surface area contributed by atoms with E-state index in [4.69, 9.17) is 16.3 Å². The Labute approximate surface area is 163 Å². The molecular formula is C19H25ClN4O3. The van der Waals surface area contributed by atoms with Crippen LogP contribution in [0.3, 0.4) is 0 Å². The van der Waals surface area contributed by atoms with E-state index in [1.54, 1.807) is 31.1 Å². The first-order chi connectivity index (χ1) is 12.9. The molecule has 2 N–H and O–H groups in total. The third-order valence-electron chi connectivity index (χ3n) is 4.09. The maximum absolute atomic E-state index is 12.6. The molecule has 0 aliphatic heterocycles. The van der Waals surface area contributed by atoms with E-state index < -0.39 is 0 Å². The second-order valence-electron chi connectivity index (χ2n) is 6.13. The van der Waals surface area contributed by atoms with Gasteiger partial charge in [-0.1, -0.05) is 23.7 Å². The average Bonchev–Trinajstić information content (AvgIpc) is 2.63. The molecule has 0 atom stereocenters. The molecule has 1 aromatic carbocycles. The predicted molar refractivity (Wildman–Crippen MR) is 105 cm³/mol. The van der Waals surface area contributed by atoms with Crippen molar-refractivity contribution in [2.24, 2.45) is 0 Å². The second-order valence-corrected chi connectivity index (χ2v) is 6.57. The first-order valence-corrected chi connectivity index (χ1v) is 9.17. The Balaban J connectivity index is 2.19. The van der Waals surface area contributed by atoms with Crippen LogP contribution >= 0.6 is 11.6 Å². The molecule has 8 heteroatoms. The zero-order valence-corrected chi connectivity index (χ0v) is 16.6. The molecule has 2 rings (SSSR count). The number of hydrogen-bond donors (Lipinski definition) is 2. The summed E-state index contributed by atoms with van der Waals surface area (Å²) in [7, 11) is 1.58. The van der Waals surface area contributed by atoms with Crippen molar-refractivity contribution in [2.45, 2.75) is 26.8 Å². The standard InChI is InChI=1S/C19H25ClN4O3/c1-4-21-19(26)24(9-10-27-3)12-17-22-13(2)16(18(25)23-17)11-14-5-7-15(20)8-6-14/h5-8H,4,9-12H2,1-3H3,(H,21,26)(H,22,23,25). The maximum atomic E-state index is 12.6. The molecule has 2 aromatic rings. The fourth-order valence-corrected chi connectivity index (χ4v) is 2.78. The number of methoxy groups -OCH3 is 1. The molecule has 27 heavy (non-hydrogen) atoms. The van der Waals surface area contributed by atoms with Gasteiger partial charge in [-0.3, -0.25) is 4.79 Å². The van der Waals surface area contributed by atoms with Gasteiger partial charge in [0.1, 0.15) is 5.82 Å². The molecule has 1 heterocycles. The van der Waals surface area contributed by atoms with E-state index in [9.17, 15) is 9.59 Å². The van der Waals surface area contributed by atoms with Crippen LogP contribution in [-0.2, 0) is 17.7 Å². The van der Waals surface area contributed by atoms with Crippen LogP contribution in [0.5, 0.6) is 0 Å². The van der Waals surface area contributed by atoms with Crippen molar-refractivity contribution in [3.8, 4) is 0 Å². The highest BCUT2D eigenvalue weighted by Gasteiger charge is 2.16. The monoisotopic (exact) mass is 392 g/mol. The van der Waals surface area contributed by atoms with Crippen molar-refractivity contribution in [3.05, 3.63) is 62.3 Å². The molecule has 0 fully saturated rings. The lowest BCUT2D eigenvalue weighted by atomic mass is 10.1. The Morgan fingerprint density at radius 3 is 2.63 bits per heavy atom. The van der Waals surface area contributed by atoms with Crippen molar-refractivity contribution < 1.29 is 9.53 Å². The Morgan fingerprint density at radius 2 is 2.04 bits per heavy atom. The zero-order chi connectivity index (χ0) is 19.8. The summed E-state index contributed by atoms with van der Waals surface area (Å²) in [6.07, 6.45) is 0.468. The number of carbonyl (C=O) groups excluding carboxylic acids is 1. The number of carbonyl (C=O) groups is 1. The Kier molecular flexibility index (Phi) is 7.82. The number of ether oxygens (including phenoxy) is 1. The van der Waals surface area contributed by atoms with Gasteiger partial charge in [-0.25, -0.2) is 9.78 Å². The summed E-state index contributed by atoms with van der Waals surface area (Å²) in [5, 5.41) is 3.41. The summed E-state index contributed by atoms with van der Waals surface area (Å²) >= 11 is 5.90. The lowest BCUT2D eigenvalue weighted by molar-refractivity contribution is 0.145. The van der Waals surface area contributed by atoms with E-state index in [-0.39, 0.29) is 18.1 Å². The van der Waals surface area contributed by atoms with Gasteiger partial charge in [0.05, 0.1) is 13.2 Å². The van der Waals surface area contributed by atoms with Gasteiger partial charge in [-0.2, -0.15) is 0 Å². The number of hydrogen-bond acceptors (Lipinski definition) is 4. The van der Waals surface area contributed by atoms with Crippen molar-refractivity contribution in [1.29, 1.82) is 0 Å². The normalized spacial score (nSPS) is 10.7. The predicted octanol–water partition coefficient (Wildman–Crippen LogP) is 2.50. The summed E-state index contributed by atoms with van der Waals surface area (Å²) in [4.78, 5) is 33.6. The summed E-state index contributed by atoms with van der Waals surface area (Å²) in [6, 6.07) is 7.14. The SMILES string of the molecule is CCNC(=O)N(CCOC)Cc1nc(C)c(Cc2ccc(Cl)cc2)c(=O)[nH]1. The number of aryl methyl sites for hydroxylation is 1. The molecule has 0 unspecified atom stereocenters. The van der Waals surface area contributed by atoms with Gasteiger partial charge in [0.15, 0.2) is 0 Å². The lowest BCUT2D eigenvalue weighted by Gasteiger charge is -2.22. The molecule has 0 saturated carbocycles. The van der Waals surface area contributed by atoms with Gasteiger partial charge < -0.3 is 19.9 Å². The summed E-state index contributed by atoms with van der Waals surface area (Å²) in [6.45, 7) is 5.17. The molecule has 0 radical (unpaired) electrons. The lowest BCUT2D eigenvalue weighted by Crippen LogP contribution is -2.41. The third-order valence-corrected chi connectivity index (χ3v) is 4.34. The molecule has 0 saturated heterocycles. The number of nitrogens with zero attached hydrogens (tertiary/aromatic N) is 2. The number of benzene rings is 1. The highest BCUT2D eigenvalue weighted by atomic mass is 35.5. The molecule has 0 aliphatic carbocycles. The Bertz CT molecular complexity index is 821. The van der Waals surface area contributed by atoms with Crippen molar-refractivity contribution in [1.82, 2.24) is 20.2 Å². The quantitative estimate of drug-likeness (QED) is 0.722. The van der Waals surface area contributed by atoms with Crippen LogP contribution in [0.25, 0.3) is 0 Å². The van der Waals surface area contributed by atoms with Crippen LogP contribution in [0.1, 0.15) is 29.6 Å². The van der Waals surface area contributed by atoms with E-state index in [2.05, 4.69) is 15.3 Å². The van der Waals surface area contributed by atoms with Crippen LogP contribution in [0, 0.1) is 6.92 Å².